The van der Waals surface area contributed by atoms with Crippen LogP contribution < -0.4 is 10.5 Å². The minimum atomic E-state index is 0.492. The monoisotopic (exact) mass is 231 g/mol. The number of hydrogen-bond acceptors (Lipinski definition) is 6. The molecule has 3 rings (SSSR count). The molecule has 3 aromatic rings. The maximum absolute atomic E-state index is 5.73. The van der Waals surface area contributed by atoms with Crippen molar-refractivity contribution in [3.63, 3.8) is 0 Å². The number of nitrogens with two attached hydrogens (primary N) is 1. The van der Waals surface area contributed by atoms with E-state index in [1.165, 1.54) is 0 Å². The maximum Gasteiger partial charge on any atom is 0.179 e. The lowest BCUT2D eigenvalue weighted by molar-refractivity contribution is 0.314. The number of fused-ring (bicyclic) bond motifs is 1. The van der Waals surface area contributed by atoms with Gasteiger partial charge in [0.2, 0.25) is 0 Å². The van der Waals surface area contributed by atoms with Gasteiger partial charge in [-0.3, -0.25) is 4.68 Å². The smallest absolute Gasteiger partial charge is 0.179 e. The van der Waals surface area contributed by atoms with E-state index in [9.17, 15) is 0 Å². The molecule has 0 fully saturated rings. The van der Waals surface area contributed by atoms with E-state index < -0.39 is 0 Å². The average Bonchev–Trinajstić information content (AvgIpc) is 2.92. The van der Waals surface area contributed by atoms with Gasteiger partial charge < -0.3 is 10.5 Å². The van der Waals surface area contributed by atoms with Gasteiger partial charge in [0.05, 0.1) is 18.1 Å². The van der Waals surface area contributed by atoms with Crippen molar-refractivity contribution in [3.05, 3.63) is 24.5 Å². The zero-order chi connectivity index (χ0) is 11.8. The van der Waals surface area contributed by atoms with Gasteiger partial charge in [-0.2, -0.15) is 5.10 Å². The molecule has 1 aromatic carbocycles. The number of ether oxygens (including phenoxy) is 1. The Labute approximate surface area is 95.7 Å². The molecule has 0 atom stereocenters. The molecular weight excluding hydrogens is 222 g/mol. The van der Waals surface area contributed by atoms with Crippen molar-refractivity contribution in [1.29, 1.82) is 0 Å². The molecule has 7 nitrogen and oxygen atoms in total. The molecule has 2 heterocycles. The standard InChI is InChI=1S/C10H9N5O2/c1-15-5-6(4-12-15)16-8-3-2-7(11)9-10(8)14-17-13-9/h2-5H,11H2,1H3. The highest BCUT2D eigenvalue weighted by Crippen LogP contribution is 2.30. The second kappa shape index (κ2) is 3.48. The van der Waals surface area contributed by atoms with E-state index in [-0.39, 0.29) is 0 Å². The first kappa shape index (κ1) is 9.64. The summed E-state index contributed by atoms with van der Waals surface area (Å²) < 4.78 is 11.9. The van der Waals surface area contributed by atoms with Crippen LogP contribution in [-0.2, 0) is 7.05 Å². The zero-order valence-corrected chi connectivity index (χ0v) is 8.99. The van der Waals surface area contributed by atoms with E-state index in [4.69, 9.17) is 10.5 Å². The first-order valence-electron chi connectivity index (χ1n) is 4.91. The van der Waals surface area contributed by atoms with Crippen molar-refractivity contribution >= 4 is 16.7 Å². The van der Waals surface area contributed by atoms with Crippen molar-refractivity contribution in [3.8, 4) is 11.5 Å². The third-order valence-corrected chi connectivity index (χ3v) is 2.32. The third kappa shape index (κ3) is 1.57. The summed E-state index contributed by atoms with van der Waals surface area (Å²) in [6.07, 6.45) is 3.35. The summed E-state index contributed by atoms with van der Waals surface area (Å²) in [7, 11) is 1.81. The minimum Gasteiger partial charge on any atom is -0.452 e. The Hall–Kier alpha value is -2.57. The molecule has 86 valence electrons. The minimum absolute atomic E-state index is 0.492. The van der Waals surface area contributed by atoms with Gasteiger partial charge in [-0.05, 0) is 22.4 Å². The van der Waals surface area contributed by atoms with Crippen LogP contribution >= 0.6 is 0 Å². The predicted molar refractivity (Wildman–Crippen MR) is 59.5 cm³/mol. The van der Waals surface area contributed by atoms with Crippen LogP contribution in [0.1, 0.15) is 0 Å². The molecule has 2 aromatic heterocycles. The normalized spacial score (nSPS) is 10.9. The van der Waals surface area contributed by atoms with E-state index in [0.717, 1.165) is 0 Å². The van der Waals surface area contributed by atoms with Gasteiger partial charge in [0.15, 0.2) is 22.5 Å². The van der Waals surface area contributed by atoms with Crippen LogP contribution in [0.5, 0.6) is 11.5 Å². The molecule has 7 heteroatoms. The molecule has 0 saturated carbocycles. The summed E-state index contributed by atoms with van der Waals surface area (Å²) in [6.45, 7) is 0. The third-order valence-electron chi connectivity index (χ3n) is 2.32. The summed E-state index contributed by atoms with van der Waals surface area (Å²) in [4.78, 5) is 0. The number of rotatable bonds is 2. The SMILES string of the molecule is Cn1cc(Oc2ccc(N)c3nonc23)cn1. The lowest BCUT2D eigenvalue weighted by Gasteiger charge is -2.02. The van der Waals surface area contributed by atoms with Gasteiger partial charge in [0.25, 0.3) is 0 Å². The maximum atomic E-state index is 5.73. The topological polar surface area (TPSA) is 92.0 Å². The highest BCUT2D eigenvalue weighted by atomic mass is 16.6. The van der Waals surface area contributed by atoms with E-state index in [2.05, 4.69) is 20.0 Å². The number of hydrogen-bond donors (Lipinski definition) is 1. The molecule has 0 radical (unpaired) electrons. The van der Waals surface area contributed by atoms with Gasteiger partial charge >= 0.3 is 0 Å². The highest BCUT2D eigenvalue weighted by molar-refractivity contribution is 5.90. The van der Waals surface area contributed by atoms with Gasteiger partial charge in [0.1, 0.15) is 0 Å². The van der Waals surface area contributed by atoms with E-state index in [0.29, 0.717) is 28.2 Å². The summed E-state index contributed by atoms with van der Waals surface area (Å²) >= 11 is 0. The Kier molecular flexibility index (Phi) is 1.97. The Morgan fingerprint density at radius 3 is 2.88 bits per heavy atom. The number of aromatic nitrogens is 4. The average molecular weight is 231 g/mol. The highest BCUT2D eigenvalue weighted by Gasteiger charge is 2.12. The van der Waals surface area contributed by atoms with E-state index in [1.807, 2.05) is 7.05 Å². The van der Waals surface area contributed by atoms with E-state index in [1.54, 1.807) is 29.2 Å². The van der Waals surface area contributed by atoms with Crippen molar-refractivity contribution in [2.75, 3.05) is 5.73 Å². The number of benzene rings is 1. The molecule has 17 heavy (non-hydrogen) atoms. The molecule has 0 aliphatic carbocycles. The van der Waals surface area contributed by atoms with Crippen molar-refractivity contribution < 1.29 is 9.37 Å². The van der Waals surface area contributed by atoms with Crippen LogP contribution in [0.2, 0.25) is 0 Å². The van der Waals surface area contributed by atoms with Gasteiger partial charge in [-0.15, -0.1) is 0 Å². The molecule has 0 bridgehead atoms. The summed E-state index contributed by atoms with van der Waals surface area (Å²) in [5.74, 6) is 1.14. The van der Waals surface area contributed by atoms with Crippen molar-refractivity contribution in [2.24, 2.45) is 7.05 Å². The molecular formula is C10H9N5O2. The Bertz CT molecular complexity index is 672. The molecule has 0 saturated heterocycles. The Morgan fingerprint density at radius 1 is 1.29 bits per heavy atom. The molecule has 0 aliphatic rings. The zero-order valence-electron chi connectivity index (χ0n) is 8.99. The molecule has 2 N–H and O–H groups in total. The summed E-state index contributed by atoms with van der Waals surface area (Å²) in [5, 5.41) is 11.5. The molecule has 0 spiro atoms. The summed E-state index contributed by atoms with van der Waals surface area (Å²) in [5.41, 5.74) is 7.22. The first-order chi connectivity index (χ1) is 8.24. The van der Waals surface area contributed by atoms with Crippen LogP contribution in [0.4, 0.5) is 5.69 Å². The van der Waals surface area contributed by atoms with Gasteiger partial charge in [-0.1, -0.05) is 0 Å². The number of anilines is 1. The number of aryl methyl sites for hydroxylation is 1. The van der Waals surface area contributed by atoms with Gasteiger partial charge in [-0.25, -0.2) is 4.63 Å². The first-order valence-corrected chi connectivity index (χ1v) is 4.91. The Morgan fingerprint density at radius 2 is 2.12 bits per heavy atom. The van der Waals surface area contributed by atoms with Crippen molar-refractivity contribution in [1.82, 2.24) is 20.1 Å². The lowest BCUT2D eigenvalue weighted by atomic mass is 10.2. The number of nitrogen functional groups attached to an aromatic ring is 1. The fourth-order valence-electron chi connectivity index (χ4n) is 1.52. The second-order valence-electron chi connectivity index (χ2n) is 3.57. The summed E-state index contributed by atoms with van der Waals surface area (Å²) in [6, 6.07) is 3.41. The predicted octanol–water partition coefficient (Wildman–Crippen LogP) is 1.33. The molecule has 0 amide bonds. The fraction of sp³-hybridized carbons (Fsp3) is 0.100. The van der Waals surface area contributed by atoms with Crippen molar-refractivity contribution in [2.45, 2.75) is 0 Å². The van der Waals surface area contributed by atoms with E-state index >= 15 is 0 Å². The molecule has 0 aliphatic heterocycles. The van der Waals surface area contributed by atoms with Gasteiger partial charge in [0, 0.05) is 7.05 Å². The van der Waals surface area contributed by atoms with Crippen LogP contribution in [0.25, 0.3) is 11.0 Å². The quantitative estimate of drug-likeness (QED) is 0.669. The van der Waals surface area contributed by atoms with Crippen LogP contribution in [0.3, 0.4) is 0 Å². The molecule has 0 unspecified atom stereocenters. The van der Waals surface area contributed by atoms with Crippen LogP contribution in [0.15, 0.2) is 29.2 Å². The fourth-order valence-corrected chi connectivity index (χ4v) is 1.52. The number of nitrogens with zero attached hydrogens (tertiary/aromatic N) is 4. The van der Waals surface area contributed by atoms with Crippen LogP contribution in [0, 0.1) is 0 Å². The second-order valence-corrected chi connectivity index (χ2v) is 3.57. The Balaban J connectivity index is 2.06. The van der Waals surface area contributed by atoms with Crippen LogP contribution in [-0.4, -0.2) is 20.1 Å². The largest absolute Gasteiger partial charge is 0.452 e. The lowest BCUT2D eigenvalue weighted by Crippen LogP contribution is -1.89.